The third-order valence-electron chi connectivity index (χ3n) is 6.64. The van der Waals surface area contributed by atoms with Gasteiger partial charge in [0.1, 0.15) is 6.61 Å². The topological polar surface area (TPSA) is 62.2 Å². The Balaban J connectivity index is 1.41. The van der Waals surface area contributed by atoms with Gasteiger partial charge in [0.25, 0.3) is 0 Å². The summed E-state index contributed by atoms with van der Waals surface area (Å²) in [6.07, 6.45) is 0.171. The van der Waals surface area contributed by atoms with Crippen molar-refractivity contribution < 1.29 is 14.3 Å². The average Bonchev–Trinajstić information content (AvgIpc) is 3.34. The van der Waals surface area contributed by atoms with Crippen LogP contribution in [0.4, 0.5) is 0 Å². The zero-order valence-corrected chi connectivity index (χ0v) is 23.3. The van der Waals surface area contributed by atoms with E-state index in [2.05, 4.69) is 0 Å². The summed E-state index contributed by atoms with van der Waals surface area (Å²) in [5.74, 6) is -0.468. The molecule has 2 heterocycles. The van der Waals surface area contributed by atoms with Crippen molar-refractivity contribution in [1.82, 2.24) is 9.80 Å². The standard InChI is InChI=1S/C31H28ClN3O3S/c1-21-28(30(37)38-19-23-11-7-4-8-12-23)29(24-13-15-25(32)16-14-24)35-26(20-39-31(35)33-21)17-27(36)34(2)18-22-9-5-3-6-10-22/h3-16,20,29H,17-19H2,1-2H3. The summed E-state index contributed by atoms with van der Waals surface area (Å²) >= 11 is 7.65. The fourth-order valence-electron chi connectivity index (χ4n) is 4.63. The number of amidine groups is 1. The fourth-order valence-corrected chi connectivity index (χ4v) is 5.72. The van der Waals surface area contributed by atoms with Gasteiger partial charge in [-0.2, -0.15) is 0 Å². The van der Waals surface area contributed by atoms with Gasteiger partial charge in [-0.05, 0) is 41.2 Å². The lowest BCUT2D eigenvalue weighted by Crippen LogP contribution is -2.38. The van der Waals surface area contributed by atoms with Gasteiger partial charge >= 0.3 is 5.97 Å². The predicted octanol–water partition coefficient (Wildman–Crippen LogP) is 6.71. The summed E-state index contributed by atoms with van der Waals surface area (Å²) in [5, 5.41) is 3.27. The largest absolute Gasteiger partial charge is 0.457 e. The minimum Gasteiger partial charge on any atom is -0.457 e. The Bertz CT molecular complexity index is 1450. The second-order valence-corrected chi connectivity index (χ2v) is 10.7. The molecular weight excluding hydrogens is 530 g/mol. The van der Waals surface area contributed by atoms with Crippen LogP contribution in [0.2, 0.25) is 5.02 Å². The maximum atomic E-state index is 13.6. The van der Waals surface area contributed by atoms with Gasteiger partial charge < -0.3 is 14.5 Å². The van der Waals surface area contributed by atoms with Crippen LogP contribution < -0.4 is 0 Å². The second kappa shape index (κ2) is 11.9. The van der Waals surface area contributed by atoms with E-state index in [1.165, 1.54) is 11.8 Å². The number of fused-ring (bicyclic) bond motifs is 1. The zero-order valence-electron chi connectivity index (χ0n) is 21.7. The first-order chi connectivity index (χ1) is 18.9. The quantitative estimate of drug-likeness (QED) is 0.288. The molecule has 0 aliphatic carbocycles. The maximum Gasteiger partial charge on any atom is 0.338 e. The highest BCUT2D eigenvalue weighted by Gasteiger charge is 2.41. The zero-order chi connectivity index (χ0) is 27.4. The van der Waals surface area contributed by atoms with Crippen LogP contribution in [0.25, 0.3) is 0 Å². The number of aliphatic imine (C=N–C) groups is 1. The molecule has 0 saturated heterocycles. The van der Waals surface area contributed by atoms with Crippen molar-refractivity contribution in [2.75, 3.05) is 7.05 Å². The van der Waals surface area contributed by atoms with Crippen LogP contribution in [0.3, 0.4) is 0 Å². The molecule has 2 aliphatic heterocycles. The molecule has 1 unspecified atom stereocenters. The van der Waals surface area contributed by atoms with E-state index in [9.17, 15) is 9.59 Å². The molecule has 0 spiro atoms. The molecule has 0 fully saturated rings. The predicted molar refractivity (Wildman–Crippen MR) is 156 cm³/mol. The molecule has 0 N–H and O–H groups in total. The fraction of sp³-hybridized carbons (Fsp3) is 0.194. The lowest BCUT2D eigenvalue weighted by Gasteiger charge is -2.36. The Morgan fingerprint density at radius 2 is 1.62 bits per heavy atom. The summed E-state index contributed by atoms with van der Waals surface area (Å²) in [5.41, 5.74) is 4.63. The molecule has 6 nitrogen and oxygen atoms in total. The van der Waals surface area contributed by atoms with Crippen molar-refractivity contribution in [3.05, 3.63) is 129 Å². The first-order valence-corrected chi connectivity index (χ1v) is 13.9. The van der Waals surface area contributed by atoms with Crippen molar-refractivity contribution in [1.29, 1.82) is 0 Å². The summed E-state index contributed by atoms with van der Waals surface area (Å²) in [7, 11) is 1.80. The van der Waals surface area contributed by atoms with E-state index >= 15 is 0 Å². The van der Waals surface area contributed by atoms with Crippen molar-refractivity contribution >= 4 is 40.4 Å². The molecular formula is C31H28ClN3O3S. The first kappa shape index (κ1) is 26.8. The number of thioether (sulfide) groups is 1. The number of ether oxygens (including phenoxy) is 1. The summed E-state index contributed by atoms with van der Waals surface area (Å²) in [6, 6.07) is 26.3. The van der Waals surface area contributed by atoms with E-state index in [1.54, 1.807) is 24.1 Å². The SMILES string of the molecule is CC1=C(C(=O)OCc2ccccc2)C(c2ccc(Cl)cc2)N2C(CC(=O)N(C)Cc3ccccc3)=CSC2=N1. The molecule has 8 heteroatoms. The van der Waals surface area contributed by atoms with Crippen LogP contribution >= 0.6 is 23.4 Å². The van der Waals surface area contributed by atoms with E-state index in [0.717, 1.165) is 27.6 Å². The van der Waals surface area contributed by atoms with Crippen molar-refractivity contribution in [2.45, 2.75) is 32.5 Å². The molecule has 2 aliphatic rings. The smallest absolute Gasteiger partial charge is 0.338 e. The number of amides is 1. The van der Waals surface area contributed by atoms with Gasteiger partial charge in [0, 0.05) is 24.3 Å². The normalized spacial score (nSPS) is 16.4. The number of benzene rings is 3. The molecule has 3 aromatic rings. The number of carbonyl (C=O) groups excluding carboxylic acids is 2. The van der Waals surface area contributed by atoms with Gasteiger partial charge in [-0.1, -0.05) is 96.2 Å². The highest BCUT2D eigenvalue weighted by Crippen LogP contribution is 2.45. The van der Waals surface area contributed by atoms with E-state index in [0.29, 0.717) is 22.8 Å². The average molecular weight is 558 g/mol. The summed E-state index contributed by atoms with van der Waals surface area (Å²) in [4.78, 5) is 35.3. The molecule has 198 valence electrons. The van der Waals surface area contributed by atoms with Gasteiger partial charge in [-0.3, -0.25) is 4.79 Å². The van der Waals surface area contributed by atoms with E-state index in [-0.39, 0.29) is 18.9 Å². The number of esters is 1. The molecule has 1 atom stereocenters. The first-order valence-electron chi connectivity index (χ1n) is 12.6. The highest BCUT2D eigenvalue weighted by molar-refractivity contribution is 8.16. The van der Waals surface area contributed by atoms with Crippen LogP contribution in [-0.4, -0.2) is 33.9 Å². The molecule has 3 aromatic carbocycles. The van der Waals surface area contributed by atoms with Gasteiger partial charge in [0.05, 0.1) is 23.7 Å². The monoisotopic (exact) mass is 557 g/mol. The summed E-state index contributed by atoms with van der Waals surface area (Å²) in [6.45, 7) is 2.49. The number of nitrogens with zero attached hydrogens (tertiary/aromatic N) is 3. The minimum absolute atomic E-state index is 0.0266. The lowest BCUT2D eigenvalue weighted by molar-refractivity contribution is -0.141. The van der Waals surface area contributed by atoms with Gasteiger partial charge in [0.2, 0.25) is 5.91 Å². The van der Waals surface area contributed by atoms with Crippen molar-refractivity contribution in [2.24, 2.45) is 4.99 Å². The van der Waals surface area contributed by atoms with Crippen LogP contribution in [-0.2, 0) is 27.5 Å². The van der Waals surface area contributed by atoms with E-state index < -0.39 is 12.0 Å². The van der Waals surface area contributed by atoms with Crippen molar-refractivity contribution in [3.8, 4) is 0 Å². The molecule has 0 radical (unpaired) electrons. The third kappa shape index (κ3) is 6.10. The van der Waals surface area contributed by atoms with Crippen LogP contribution in [0.1, 0.15) is 36.1 Å². The van der Waals surface area contributed by atoms with Gasteiger partial charge in [-0.25, -0.2) is 9.79 Å². The summed E-state index contributed by atoms with van der Waals surface area (Å²) < 4.78 is 5.76. The minimum atomic E-state index is -0.508. The molecule has 0 bridgehead atoms. The number of hydrogen-bond donors (Lipinski definition) is 0. The Labute approximate surface area is 237 Å². The van der Waals surface area contributed by atoms with E-state index in [4.69, 9.17) is 21.3 Å². The molecule has 1 amide bonds. The number of hydrogen-bond acceptors (Lipinski definition) is 6. The van der Waals surface area contributed by atoms with E-state index in [1.807, 2.05) is 90.0 Å². The Kier molecular flexibility index (Phi) is 8.19. The molecule has 5 rings (SSSR count). The Morgan fingerprint density at radius 1 is 0.974 bits per heavy atom. The Morgan fingerprint density at radius 3 is 2.28 bits per heavy atom. The lowest BCUT2D eigenvalue weighted by atomic mass is 9.94. The number of halogens is 1. The number of rotatable bonds is 8. The molecule has 0 aromatic heterocycles. The van der Waals surface area contributed by atoms with Crippen LogP contribution in [0.5, 0.6) is 0 Å². The highest BCUT2D eigenvalue weighted by atomic mass is 35.5. The van der Waals surface area contributed by atoms with Gasteiger partial charge in [0.15, 0.2) is 5.17 Å². The third-order valence-corrected chi connectivity index (χ3v) is 7.78. The van der Waals surface area contributed by atoms with Crippen molar-refractivity contribution in [3.63, 3.8) is 0 Å². The van der Waals surface area contributed by atoms with Gasteiger partial charge in [-0.15, -0.1) is 0 Å². The van der Waals surface area contributed by atoms with Crippen LogP contribution in [0, 0.1) is 0 Å². The second-order valence-electron chi connectivity index (χ2n) is 9.42. The Hall–Kier alpha value is -3.81. The molecule has 0 saturated carbocycles. The molecule has 39 heavy (non-hydrogen) atoms. The number of carbonyl (C=O) groups is 2. The van der Waals surface area contributed by atoms with Crippen LogP contribution in [0.15, 0.2) is 112 Å². The number of allylic oxidation sites excluding steroid dienone is 1. The maximum absolute atomic E-state index is 13.6.